The average Bonchev–Trinajstić information content (AvgIpc) is 3.34. The molecule has 0 radical (unpaired) electrons. The first-order chi connectivity index (χ1) is 16.0. The number of fused-ring (bicyclic) bond motifs is 1. The van der Waals surface area contributed by atoms with Crippen molar-refractivity contribution in [2.45, 2.75) is 19.1 Å². The van der Waals surface area contributed by atoms with Gasteiger partial charge in [0.15, 0.2) is 0 Å². The van der Waals surface area contributed by atoms with E-state index in [0.29, 0.717) is 46.5 Å². The topological polar surface area (TPSA) is 85.5 Å². The number of nitrogens with zero attached hydrogens (tertiary/aromatic N) is 3. The summed E-state index contributed by atoms with van der Waals surface area (Å²) < 4.78 is 12.1. The van der Waals surface area contributed by atoms with E-state index >= 15 is 0 Å². The van der Waals surface area contributed by atoms with E-state index in [-0.39, 0.29) is 11.1 Å². The first kappa shape index (κ1) is 21.2. The Hall–Kier alpha value is -3.65. The standard InChI is InChI=1S/C25H21N3O4S/c1-4-31-21-16-12-8-9-13-17(16)26-20(18(21)22-24(29)28(3)25(30)33-22)19-14(2)32-23(27-19)15-10-6-5-7-11-15/h5-13,22H,4H2,1-3H3. The van der Waals surface area contributed by atoms with Crippen molar-refractivity contribution in [1.82, 2.24) is 14.9 Å². The van der Waals surface area contributed by atoms with Crippen LogP contribution in [0.3, 0.4) is 0 Å². The fourth-order valence-electron chi connectivity index (χ4n) is 3.92. The summed E-state index contributed by atoms with van der Waals surface area (Å²) in [5.74, 6) is 1.25. The van der Waals surface area contributed by atoms with Crippen LogP contribution in [0.15, 0.2) is 59.0 Å². The second-order valence-electron chi connectivity index (χ2n) is 7.60. The number of para-hydroxylation sites is 1. The van der Waals surface area contributed by atoms with Gasteiger partial charge in [-0.05, 0) is 49.9 Å². The van der Waals surface area contributed by atoms with Crippen LogP contribution in [0.25, 0.3) is 33.7 Å². The Bertz CT molecular complexity index is 1380. The van der Waals surface area contributed by atoms with Gasteiger partial charge in [-0.25, -0.2) is 9.97 Å². The SMILES string of the molecule is CCOc1c(C2SC(=O)N(C)C2=O)c(-c2nc(-c3ccccc3)oc2C)nc2ccccc12. The van der Waals surface area contributed by atoms with Gasteiger partial charge in [0.2, 0.25) is 11.8 Å². The lowest BCUT2D eigenvalue weighted by Crippen LogP contribution is -2.25. The maximum Gasteiger partial charge on any atom is 0.289 e. The Balaban J connectivity index is 1.80. The van der Waals surface area contributed by atoms with Gasteiger partial charge in [0.1, 0.15) is 28.1 Å². The number of imide groups is 1. The highest BCUT2D eigenvalue weighted by atomic mass is 32.2. The Morgan fingerprint density at radius 1 is 1.03 bits per heavy atom. The highest BCUT2D eigenvalue weighted by molar-refractivity contribution is 8.15. The lowest BCUT2D eigenvalue weighted by molar-refractivity contribution is -0.125. The second-order valence-corrected chi connectivity index (χ2v) is 8.66. The van der Waals surface area contributed by atoms with E-state index in [0.717, 1.165) is 27.6 Å². The summed E-state index contributed by atoms with van der Waals surface area (Å²) in [4.78, 5) is 36.2. The number of aryl methyl sites for hydroxylation is 1. The average molecular weight is 460 g/mol. The largest absolute Gasteiger partial charge is 0.493 e. The number of hydrogen-bond acceptors (Lipinski definition) is 7. The molecule has 8 heteroatoms. The van der Waals surface area contributed by atoms with Gasteiger partial charge in [-0.1, -0.05) is 30.3 Å². The number of pyridine rings is 1. The molecular weight excluding hydrogens is 438 g/mol. The maximum absolute atomic E-state index is 13.1. The summed E-state index contributed by atoms with van der Waals surface area (Å²) in [6.45, 7) is 4.09. The molecule has 3 heterocycles. The molecule has 7 nitrogen and oxygen atoms in total. The number of hydrogen-bond donors (Lipinski definition) is 0. The first-order valence-corrected chi connectivity index (χ1v) is 11.4. The zero-order valence-electron chi connectivity index (χ0n) is 18.4. The van der Waals surface area contributed by atoms with E-state index in [1.54, 1.807) is 0 Å². The molecular formula is C25H21N3O4S. The molecule has 1 saturated heterocycles. The van der Waals surface area contributed by atoms with Crippen LogP contribution in [0.5, 0.6) is 5.75 Å². The highest BCUT2D eigenvalue weighted by Crippen LogP contribution is 2.48. The molecule has 1 aliphatic rings. The molecule has 1 fully saturated rings. The minimum Gasteiger partial charge on any atom is -0.493 e. The van der Waals surface area contributed by atoms with Crippen LogP contribution >= 0.6 is 11.8 Å². The normalized spacial score (nSPS) is 16.1. The van der Waals surface area contributed by atoms with Gasteiger partial charge in [-0.3, -0.25) is 14.5 Å². The number of carbonyl (C=O) groups is 2. The zero-order chi connectivity index (χ0) is 23.1. The van der Waals surface area contributed by atoms with Crippen LogP contribution in [0.2, 0.25) is 0 Å². The Labute approximate surface area is 194 Å². The monoisotopic (exact) mass is 459 g/mol. The van der Waals surface area contributed by atoms with Crippen LogP contribution in [0.4, 0.5) is 4.79 Å². The van der Waals surface area contributed by atoms with E-state index in [4.69, 9.17) is 19.1 Å². The Kier molecular flexibility index (Phi) is 5.38. The minimum absolute atomic E-state index is 0.311. The van der Waals surface area contributed by atoms with Crippen molar-refractivity contribution in [3.8, 4) is 28.6 Å². The number of thioether (sulfide) groups is 1. The van der Waals surface area contributed by atoms with Crippen LogP contribution in [0, 0.1) is 6.92 Å². The maximum atomic E-state index is 13.1. The Morgan fingerprint density at radius 3 is 2.45 bits per heavy atom. The molecule has 166 valence electrons. The first-order valence-electron chi connectivity index (χ1n) is 10.6. The molecule has 2 aromatic carbocycles. The van der Waals surface area contributed by atoms with Crippen molar-refractivity contribution >= 4 is 33.8 Å². The van der Waals surface area contributed by atoms with Gasteiger partial charge >= 0.3 is 0 Å². The molecule has 0 spiro atoms. The molecule has 2 aromatic heterocycles. The fraction of sp³-hybridized carbons (Fsp3) is 0.200. The molecule has 0 bridgehead atoms. The van der Waals surface area contributed by atoms with Gasteiger partial charge in [0.25, 0.3) is 5.24 Å². The quantitative estimate of drug-likeness (QED) is 0.382. The van der Waals surface area contributed by atoms with Gasteiger partial charge in [0, 0.05) is 23.6 Å². The van der Waals surface area contributed by atoms with Gasteiger partial charge in [-0.15, -0.1) is 0 Å². The predicted octanol–water partition coefficient (Wildman–Crippen LogP) is 5.63. The van der Waals surface area contributed by atoms with Crippen molar-refractivity contribution in [3.05, 3.63) is 65.9 Å². The lowest BCUT2D eigenvalue weighted by atomic mass is 10.0. The number of oxazole rings is 1. The minimum atomic E-state index is -0.785. The van der Waals surface area contributed by atoms with E-state index in [9.17, 15) is 9.59 Å². The lowest BCUT2D eigenvalue weighted by Gasteiger charge is -2.19. The summed E-state index contributed by atoms with van der Waals surface area (Å²) in [6, 6.07) is 17.2. The summed E-state index contributed by atoms with van der Waals surface area (Å²) in [5.41, 5.74) is 3.08. The third kappa shape index (κ3) is 3.56. The van der Waals surface area contributed by atoms with Crippen LogP contribution < -0.4 is 4.74 Å². The van der Waals surface area contributed by atoms with E-state index in [1.165, 1.54) is 7.05 Å². The van der Waals surface area contributed by atoms with Crippen LogP contribution in [-0.2, 0) is 4.79 Å². The number of carbonyl (C=O) groups excluding carboxylic acids is 2. The summed E-state index contributed by atoms with van der Waals surface area (Å²) in [7, 11) is 1.49. The van der Waals surface area contributed by atoms with Crippen molar-refractivity contribution in [2.24, 2.45) is 0 Å². The van der Waals surface area contributed by atoms with Crippen molar-refractivity contribution in [2.75, 3.05) is 13.7 Å². The van der Waals surface area contributed by atoms with E-state index in [2.05, 4.69) is 0 Å². The second kappa shape index (κ2) is 8.37. The van der Waals surface area contributed by atoms with Crippen LogP contribution in [-0.4, -0.2) is 39.7 Å². The molecule has 0 aliphatic carbocycles. The summed E-state index contributed by atoms with van der Waals surface area (Å²) >= 11 is 0.960. The number of aromatic nitrogens is 2. The Morgan fingerprint density at radius 2 is 1.76 bits per heavy atom. The fourth-order valence-corrected chi connectivity index (χ4v) is 4.96. The number of benzene rings is 2. The molecule has 1 atom stereocenters. The third-order valence-corrected chi connectivity index (χ3v) is 6.67. The molecule has 1 aliphatic heterocycles. The number of likely N-dealkylation sites (N-methyl/N-ethyl adjacent to an activating group) is 1. The molecule has 0 N–H and O–H groups in total. The van der Waals surface area contributed by atoms with Crippen LogP contribution in [0.1, 0.15) is 23.5 Å². The number of rotatable bonds is 5. The van der Waals surface area contributed by atoms with Gasteiger partial charge in [0.05, 0.1) is 12.1 Å². The number of ether oxygens (including phenoxy) is 1. The molecule has 4 aromatic rings. The van der Waals surface area contributed by atoms with Gasteiger partial charge < -0.3 is 9.15 Å². The summed E-state index contributed by atoms with van der Waals surface area (Å²) in [5, 5.41) is -0.321. The van der Waals surface area contributed by atoms with Crippen molar-refractivity contribution in [3.63, 3.8) is 0 Å². The molecule has 2 amide bonds. The third-order valence-electron chi connectivity index (χ3n) is 5.52. The molecule has 33 heavy (non-hydrogen) atoms. The van der Waals surface area contributed by atoms with Crippen molar-refractivity contribution < 1.29 is 18.7 Å². The van der Waals surface area contributed by atoms with E-state index in [1.807, 2.05) is 68.4 Å². The highest BCUT2D eigenvalue weighted by Gasteiger charge is 2.42. The molecule has 5 rings (SSSR count). The smallest absolute Gasteiger partial charge is 0.289 e. The predicted molar refractivity (Wildman–Crippen MR) is 127 cm³/mol. The number of amides is 2. The summed E-state index contributed by atoms with van der Waals surface area (Å²) in [6.07, 6.45) is 0. The zero-order valence-corrected chi connectivity index (χ0v) is 19.2. The molecule has 0 saturated carbocycles. The van der Waals surface area contributed by atoms with Crippen molar-refractivity contribution in [1.29, 1.82) is 0 Å². The molecule has 1 unspecified atom stereocenters. The van der Waals surface area contributed by atoms with Gasteiger partial charge in [-0.2, -0.15) is 0 Å². The van der Waals surface area contributed by atoms with E-state index < -0.39 is 5.25 Å².